The lowest BCUT2D eigenvalue weighted by molar-refractivity contribution is 0.102. The smallest absolute Gasteiger partial charge is 0.270 e. The summed E-state index contributed by atoms with van der Waals surface area (Å²) in [4.78, 5) is 29.1. The Labute approximate surface area is 133 Å². The highest BCUT2D eigenvalue weighted by atomic mass is 16.2. The third-order valence-corrected chi connectivity index (χ3v) is 3.72. The van der Waals surface area contributed by atoms with Crippen LogP contribution in [0.15, 0.2) is 47.5 Å². The minimum atomic E-state index is -0.453. The van der Waals surface area contributed by atoms with Crippen molar-refractivity contribution in [3.8, 4) is 0 Å². The maximum absolute atomic E-state index is 12.5. The van der Waals surface area contributed by atoms with Crippen LogP contribution in [0.1, 0.15) is 27.0 Å². The van der Waals surface area contributed by atoms with Crippen LogP contribution in [0.25, 0.3) is 5.65 Å². The molecule has 0 fully saturated rings. The molecule has 0 spiro atoms. The number of anilines is 1. The Bertz CT molecular complexity index is 974. The van der Waals surface area contributed by atoms with Crippen molar-refractivity contribution in [2.75, 3.05) is 5.32 Å². The van der Waals surface area contributed by atoms with Gasteiger partial charge >= 0.3 is 0 Å². The third-order valence-electron chi connectivity index (χ3n) is 3.72. The molecule has 0 unspecified atom stereocenters. The summed E-state index contributed by atoms with van der Waals surface area (Å²) in [6.45, 7) is 5.78. The molecule has 0 radical (unpaired) electrons. The maximum atomic E-state index is 12.5. The predicted molar refractivity (Wildman–Crippen MR) is 90.1 cm³/mol. The predicted octanol–water partition coefficient (Wildman–Crippen LogP) is 2.87. The van der Waals surface area contributed by atoms with Gasteiger partial charge in [0, 0.05) is 18.1 Å². The fraction of sp³-hybridized carbons (Fsp3) is 0.167. The van der Waals surface area contributed by atoms with Crippen molar-refractivity contribution in [2.24, 2.45) is 0 Å². The van der Waals surface area contributed by atoms with Gasteiger partial charge in [0.15, 0.2) is 0 Å². The molecule has 116 valence electrons. The first-order valence-electron chi connectivity index (χ1n) is 7.32. The summed E-state index contributed by atoms with van der Waals surface area (Å²) >= 11 is 0. The fourth-order valence-corrected chi connectivity index (χ4v) is 2.48. The quantitative estimate of drug-likeness (QED) is 0.792. The van der Waals surface area contributed by atoms with E-state index in [2.05, 4.69) is 10.3 Å². The summed E-state index contributed by atoms with van der Waals surface area (Å²) in [7, 11) is 0. The van der Waals surface area contributed by atoms with Gasteiger partial charge < -0.3 is 5.32 Å². The van der Waals surface area contributed by atoms with E-state index in [4.69, 9.17) is 0 Å². The lowest BCUT2D eigenvalue weighted by atomic mass is 10.1. The number of benzene rings is 1. The van der Waals surface area contributed by atoms with Gasteiger partial charge in [0.05, 0.1) is 0 Å². The number of hydrogen-bond donors (Lipinski definition) is 1. The molecule has 3 aromatic rings. The molecule has 0 saturated heterocycles. The number of rotatable bonds is 2. The maximum Gasteiger partial charge on any atom is 0.270 e. The second kappa shape index (κ2) is 5.68. The van der Waals surface area contributed by atoms with Crippen molar-refractivity contribution in [3.05, 3.63) is 75.3 Å². The van der Waals surface area contributed by atoms with Crippen molar-refractivity contribution in [2.45, 2.75) is 20.8 Å². The summed E-state index contributed by atoms with van der Waals surface area (Å²) < 4.78 is 1.40. The van der Waals surface area contributed by atoms with Crippen LogP contribution in [0.4, 0.5) is 5.69 Å². The fourth-order valence-electron chi connectivity index (χ4n) is 2.48. The molecule has 0 saturated carbocycles. The molecule has 0 aliphatic heterocycles. The SMILES string of the molecule is Cc1ccc(NC(=O)c2cnc3ccc(C)cn3c2=O)c(C)c1. The second-order valence-corrected chi connectivity index (χ2v) is 5.68. The number of nitrogens with zero attached hydrogens (tertiary/aromatic N) is 2. The molecule has 5 heteroatoms. The Hall–Kier alpha value is -2.95. The summed E-state index contributed by atoms with van der Waals surface area (Å²) in [5.74, 6) is -0.453. The third kappa shape index (κ3) is 2.85. The molecular weight excluding hydrogens is 290 g/mol. The Morgan fingerprint density at radius 3 is 2.57 bits per heavy atom. The van der Waals surface area contributed by atoms with Gasteiger partial charge in [-0.1, -0.05) is 23.8 Å². The zero-order valence-electron chi connectivity index (χ0n) is 13.3. The molecule has 0 aliphatic rings. The van der Waals surface area contributed by atoms with Crippen LogP contribution >= 0.6 is 0 Å². The second-order valence-electron chi connectivity index (χ2n) is 5.68. The number of fused-ring (bicyclic) bond motifs is 1. The van der Waals surface area contributed by atoms with Crippen LogP contribution in [0.3, 0.4) is 0 Å². The minimum absolute atomic E-state index is 0.0214. The Balaban J connectivity index is 2.01. The molecule has 0 bridgehead atoms. The van der Waals surface area contributed by atoms with E-state index >= 15 is 0 Å². The molecule has 0 atom stereocenters. The molecule has 0 aliphatic carbocycles. The van der Waals surface area contributed by atoms with Crippen LogP contribution in [0.5, 0.6) is 0 Å². The topological polar surface area (TPSA) is 63.5 Å². The summed E-state index contributed by atoms with van der Waals surface area (Å²) in [6.07, 6.45) is 3.00. The number of pyridine rings is 1. The Morgan fingerprint density at radius 2 is 1.83 bits per heavy atom. The van der Waals surface area contributed by atoms with E-state index in [1.54, 1.807) is 12.3 Å². The lowest BCUT2D eigenvalue weighted by Crippen LogP contribution is -2.27. The van der Waals surface area contributed by atoms with Gasteiger partial charge in [0.2, 0.25) is 0 Å². The minimum Gasteiger partial charge on any atom is -0.322 e. The largest absolute Gasteiger partial charge is 0.322 e. The molecular formula is C18H17N3O2. The van der Waals surface area contributed by atoms with Crippen molar-refractivity contribution >= 4 is 17.2 Å². The summed E-state index contributed by atoms with van der Waals surface area (Å²) in [5, 5.41) is 2.78. The number of aryl methyl sites for hydroxylation is 3. The molecule has 1 amide bonds. The number of carbonyl (C=O) groups is 1. The van der Waals surface area contributed by atoms with Crippen LogP contribution in [0.2, 0.25) is 0 Å². The van der Waals surface area contributed by atoms with E-state index in [0.717, 1.165) is 16.7 Å². The van der Waals surface area contributed by atoms with E-state index in [1.807, 2.05) is 45.0 Å². The van der Waals surface area contributed by atoms with Crippen LogP contribution in [0, 0.1) is 20.8 Å². The van der Waals surface area contributed by atoms with Crippen LogP contribution in [-0.2, 0) is 0 Å². The van der Waals surface area contributed by atoms with E-state index in [1.165, 1.54) is 10.6 Å². The number of aromatic nitrogens is 2. The van der Waals surface area contributed by atoms with Crippen molar-refractivity contribution < 1.29 is 4.79 Å². The van der Waals surface area contributed by atoms with Crippen molar-refractivity contribution in [1.29, 1.82) is 0 Å². The molecule has 2 heterocycles. The molecule has 1 N–H and O–H groups in total. The van der Waals surface area contributed by atoms with E-state index in [0.29, 0.717) is 11.3 Å². The number of carbonyl (C=O) groups excluding carboxylic acids is 1. The highest BCUT2D eigenvalue weighted by Crippen LogP contribution is 2.16. The van der Waals surface area contributed by atoms with Crippen molar-refractivity contribution in [1.82, 2.24) is 9.38 Å². The number of hydrogen-bond acceptors (Lipinski definition) is 3. The molecule has 5 nitrogen and oxygen atoms in total. The van der Waals surface area contributed by atoms with Gasteiger partial charge in [-0.3, -0.25) is 14.0 Å². The summed E-state index contributed by atoms with van der Waals surface area (Å²) in [5.41, 5.74) is 3.84. The van der Waals surface area contributed by atoms with Gasteiger partial charge in [-0.05, 0) is 44.0 Å². The lowest BCUT2D eigenvalue weighted by Gasteiger charge is -2.09. The first-order valence-corrected chi connectivity index (χ1v) is 7.32. The van der Waals surface area contributed by atoms with Crippen molar-refractivity contribution in [3.63, 3.8) is 0 Å². The monoisotopic (exact) mass is 307 g/mol. The van der Waals surface area contributed by atoms with Crippen LogP contribution < -0.4 is 10.9 Å². The zero-order valence-corrected chi connectivity index (χ0v) is 13.3. The highest BCUT2D eigenvalue weighted by molar-refractivity contribution is 6.04. The van der Waals surface area contributed by atoms with E-state index < -0.39 is 5.91 Å². The molecule has 2 aromatic heterocycles. The van der Waals surface area contributed by atoms with Gasteiger partial charge in [-0.25, -0.2) is 4.98 Å². The van der Waals surface area contributed by atoms with Gasteiger partial charge in [-0.15, -0.1) is 0 Å². The zero-order chi connectivity index (χ0) is 16.6. The number of amides is 1. The Morgan fingerprint density at radius 1 is 1.09 bits per heavy atom. The average molecular weight is 307 g/mol. The van der Waals surface area contributed by atoms with E-state index in [-0.39, 0.29) is 11.1 Å². The normalized spacial score (nSPS) is 10.7. The first kappa shape index (κ1) is 15.0. The standard InChI is InChI=1S/C18H17N3O2/c1-11-4-6-15(13(3)8-11)20-17(22)14-9-19-16-7-5-12(2)10-21(16)18(14)23/h4-10H,1-3H3,(H,20,22). The van der Waals surface area contributed by atoms with Gasteiger partial charge in [-0.2, -0.15) is 0 Å². The Kier molecular flexibility index (Phi) is 3.70. The van der Waals surface area contributed by atoms with Gasteiger partial charge in [0.25, 0.3) is 11.5 Å². The van der Waals surface area contributed by atoms with Gasteiger partial charge in [0.1, 0.15) is 11.2 Å². The average Bonchev–Trinajstić information content (AvgIpc) is 2.51. The number of nitrogens with one attached hydrogen (secondary N) is 1. The molecule has 3 rings (SSSR count). The highest BCUT2D eigenvalue weighted by Gasteiger charge is 2.14. The first-order chi connectivity index (χ1) is 11.0. The summed E-state index contributed by atoms with van der Waals surface area (Å²) in [6, 6.07) is 9.35. The van der Waals surface area contributed by atoms with E-state index in [9.17, 15) is 9.59 Å². The molecule has 1 aromatic carbocycles. The molecule has 23 heavy (non-hydrogen) atoms. The van der Waals surface area contributed by atoms with Crippen LogP contribution in [-0.4, -0.2) is 15.3 Å².